The number of carbonyl (C=O) groups is 11. The molecule has 32 heteroatoms. The summed E-state index contributed by atoms with van der Waals surface area (Å²) in [5.41, 5.74) is 17.9. The Morgan fingerprint density at radius 2 is 0.882 bits per heavy atom. The summed E-state index contributed by atoms with van der Waals surface area (Å²) in [6, 6.07) is -5.79. The van der Waals surface area contributed by atoms with Gasteiger partial charge in [-0.2, -0.15) is 0 Å². The van der Waals surface area contributed by atoms with Gasteiger partial charge in [0, 0.05) is 37.6 Å². The van der Waals surface area contributed by atoms with Gasteiger partial charge in [0.2, 0.25) is 59.1 Å². The summed E-state index contributed by atoms with van der Waals surface area (Å²) in [4.78, 5) is 154. The molecule has 85 heavy (non-hydrogen) atoms. The lowest BCUT2D eigenvalue weighted by molar-refractivity contribution is -0.144. The molecule has 0 aliphatic carbocycles. The second-order valence-corrected chi connectivity index (χ2v) is 19.8. The fourth-order valence-electron chi connectivity index (χ4n) is 8.07. The van der Waals surface area contributed by atoms with Gasteiger partial charge >= 0.3 is 5.97 Å². The molecule has 0 aliphatic rings. The number of phenols is 2. The third kappa shape index (κ3) is 23.8. The van der Waals surface area contributed by atoms with Gasteiger partial charge in [-0.1, -0.05) is 51.0 Å². The molecule has 0 spiro atoms. The molecule has 0 saturated heterocycles. The van der Waals surface area contributed by atoms with Gasteiger partial charge in [0.1, 0.15) is 65.9 Å². The zero-order chi connectivity index (χ0) is 63.3. The molecule has 0 unspecified atom stereocenters. The average molecular weight is 1200 g/mol. The van der Waals surface area contributed by atoms with Crippen LogP contribution >= 0.6 is 0 Å². The van der Waals surface area contributed by atoms with Gasteiger partial charge < -0.3 is 106 Å². The Balaban J connectivity index is 1.82. The lowest BCUT2D eigenvalue weighted by atomic mass is 9.98. The number of nitrogens with one attached hydrogen (secondary N) is 10. The predicted octanol–water partition coefficient (Wildman–Crippen LogP) is -6.97. The van der Waals surface area contributed by atoms with Crippen LogP contribution in [0.2, 0.25) is 0 Å². The largest absolute Gasteiger partial charge is 0.508 e. The normalized spacial score (nSPS) is 15.0. The first-order valence-electron chi connectivity index (χ1n) is 27.0. The predicted molar refractivity (Wildman–Crippen MR) is 298 cm³/mol. The number of amides is 10. The van der Waals surface area contributed by atoms with Gasteiger partial charge in [-0.3, -0.25) is 47.9 Å². The van der Waals surface area contributed by atoms with Crippen molar-refractivity contribution in [3.63, 3.8) is 0 Å². The second-order valence-electron chi connectivity index (χ2n) is 19.8. The van der Waals surface area contributed by atoms with E-state index in [0.717, 1.165) is 0 Å². The van der Waals surface area contributed by atoms with E-state index in [1.165, 1.54) is 61.1 Å². The highest BCUT2D eigenvalue weighted by atomic mass is 16.4. The number of phenolic OH excluding ortho intramolecular Hbond substituents is 2. The third-order valence-corrected chi connectivity index (χ3v) is 13.3. The van der Waals surface area contributed by atoms with E-state index in [4.69, 9.17) is 17.2 Å². The standard InChI is InChI=1S/C53H78N14O18/c1-3-27(2)43(53(84)85)67-48(79)36(19-29-9-13-32(73)14-10-29)62-51(82)40(24-70)64-46(77)35(18-28-7-11-31(72)12-8-28)61-50(81)39(23-69)63-45(76)34(15-16-42(56)74)59-49(80)38(22-68)66-52(83)41(25-71)65-47(78)37(20-30-21-57-26-58-30)60-44(75)33(55)6-4-5-17-54/h7-14,21,26-27,33-41,43,68-73H,3-6,15-20,22-25,54-55H2,1-2H3,(H2,56,74)(H,57,58)(H,59,80)(H,60,75)(H,61,81)(H,62,82)(H,63,76)(H,64,77)(H,65,78)(H,66,83)(H,67,79)(H,84,85)/t27-,33-,34-,35-,36-,37-,38-,39-,40-,41-,43-/m0/s1. The van der Waals surface area contributed by atoms with Gasteiger partial charge in [0.15, 0.2) is 0 Å². The summed E-state index contributed by atoms with van der Waals surface area (Å²) in [5.74, 6) is -13.3. The number of hydrogen-bond acceptors (Lipinski definition) is 20. The maximum Gasteiger partial charge on any atom is 0.326 e. The Labute approximate surface area is 487 Å². The highest BCUT2D eigenvalue weighted by molar-refractivity contribution is 5.99. The number of hydrogen-bond donors (Lipinski definition) is 20. The Bertz CT molecular complexity index is 2700. The van der Waals surface area contributed by atoms with E-state index >= 15 is 0 Å². The lowest BCUT2D eigenvalue weighted by Gasteiger charge is -2.27. The minimum atomic E-state index is -1.97. The van der Waals surface area contributed by atoms with Gasteiger partial charge in [0.05, 0.1) is 38.8 Å². The minimum Gasteiger partial charge on any atom is -0.508 e. The molecule has 1 heterocycles. The maximum atomic E-state index is 14.1. The molecule has 2 aromatic carbocycles. The smallest absolute Gasteiger partial charge is 0.326 e. The van der Waals surface area contributed by atoms with E-state index in [1.54, 1.807) is 13.8 Å². The summed E-state index contributed by atoms with van der Waals surface area (Å²) in [7, 11) is 0. The number of benzene rings is 2. The van der Waals surface area contributed by atoms with Crippen molar-refractivity contribution in [2.75, 3.05) is 33.0 Å². The summed E-state index contributed by atoms with van der Waals surface area (Å²) in [5, 5.41) is 91.4. The molecule has 0 bridgehead atoms. The molecule has 23 N–H and O–H groups in total. The van der Waals surface area contributed by atoms with Gasteiger partial charge in [-0.25, -0.2) is 9.78 Å². The number of nitrogens with two attached hydrogens (primary N) is 3. The highest BCUT2D eigenvalue weighted by Crippen LogP contribution is 2.15. The van der Waals surface area contributed by atoms with Crippen LogP contribution < -0.4 is 65.1 Å². The van der Waals surface area contributed by atoms with Crippen LogP contribution in [0.1, 0.15) is 69.2 Å². The van der Waals surface area contributed by atoms with Crippen LogP contribution in [0.15, 0.2) is 61.1 Å². The molecule has 3 rings (SSSR count). The summed E-state index contributed by atoms with van der Waals surface area (Å²) >= 11 is 0. The summed E-state index contributed by atoms with van der Waals surface area (Å²) < 4.78 is 0. The number of rotatable bonds is 38. The maximum absolute atomic E-state index is 14.1. The Morgan fingerprint density at radius 3 is 1.25 bits per heavy atom. The summed E-state index contributed by atoms with van der Waals surface area (Å²) in [6.07, 6.45) is 2.31. The van der Waals surface area contributed by atoms with Crippen molar-refractivity contribution < 1.29 is 88.5 Å². The number of aliphatic hydroxyl groups is 4. The van der Waals surface area contributed by atoms with Crippen LogP contribution in [-0.4, -0.2) is 204 Å². The van der Waals surface area contributed by atoms with Crippen LogP contribution in [0.25, 0.3) is 0 Å². The first kappa shape index (κ1) is 70.4. The van der Waals surface area contributed by atoms with Crippen LogP contribution in [0.3, 0.4) is 0 Å². The zero-order valence-corrected chi connectivity index (χ0v) is 46.8. The van der Waals surface area contributed by atoms with Crippen molar-refractivity contribution in [1.29, 1.82) is 0 Å². The third-order valence-electron chi connectivity index (χ3n) is 13.3. The van der Waals surface area contributed by atoms with Crippen molar-refractivity contribution in [3.8, 4) is 11.5 Å². The molecule has 0 radical (unpaired) electrons. The van der Waals surface area contributed by atoms with Gasteiger partial charge in [0.25, 0.3) is 0 Å². The molecule has 0 aliphatic heterocycles. The molecule has 3 aromatic rings. The number of unbranched alkanes of at least 4 members (excludes halogenated alkanes) is 1. The van der Waals surface area contributed by atoms with Gasteiger partial charge in [-0.05, 0) is 67.1 Å². The van der Waals surface area contributed by atoms with Gasteiger partial charge in [-0.15, -0.1) is 0 Å². The molecular weight excluding hydrogens is 1120 g/mol. The number of aromatic hydroxyl groups is 2. The minimum absolute atomic E-state index is 0.122. The molecule has 468 valence electrons. The number of carboxylic acids is 1. The molecule has 10 amide bonds. The number of aromatic nitrogens is 2. The van der Waals surface area contributed by atoms with Crippen LogP contribution in [0, 0.1) is 5.92 Å². The quantitative estimate of drug-likeness (QED) is 0.0237. The van der Waals surface area contributed by atoms with E-state index in [0.29, 0.717) is 37.1 Å². The molecule has 0 saturated carbocycles. The van der Waals surface area contributed by atoms with Crippen molar-refractivity contribution in [1.82, 2.24) is 57.8 Å². The van der Waals surface area contributed by atoms with Crippen LogP contribution in [0.5, 0.6) is 11.5 Å². The van der Waals surface area contributed by atoms with E-state index in [9.17, 15) is 88.5 Å². The van der Waals surface area contributed by atoms with E-state index in [-0.39, 0.29) is 36.3 Å². The number of imidazole rings is 1. The Kier molecular flexibility index (Phi) is 29.8. The van der Waals surface area contributed by atoms with E-state index in [2.05, 4.69) is 57.8 Å². The fraction of sp³-hybridized carbons (Fsp3) is 0.509. The monoisotopic (exact) mass is 1200 g/mol. The van der Waals surface area contributed by atoms with Crippen molar-refractivity contribution >= 4 is 65.0 Å². The van der Waals surface area contributed by atoms with Crippen LogP contribution in [0.4, 0.5) is 0 Å². The van der Waals surface area contributed by atoms with E-state index < -0.39 is 177 Å². The zero-order valence-electron chi connectivity index (χ0n) is 46.8. The Hall–Kier alpha value is -8.82. The number of aliphatic carboxylic acids is 1. The average Bonchev–Trinajstić information content (AvgIpc) is 4.11. The van der Waals surface area contributed by atoms with Crippen LogP contribution in [-0.2, 0) is 72.0 Å². The van der Waals surface area contributed by atoms with Crippen molar-refractivity contribution in [3.05, 3.63) is 77.9 Å². The number of carboxylic acid groups (broad SMARTS) is 1. The highest BCUT2D eigenvalue weighted by Gasteiger charge is 2.36. The molecule has 0 fully saturated rings. The molecule has 11 atom stereocenters. The first-order chi connectivity index (χ1) is 40.4. The molecular formula is C53H78N14O18. The SMILES string of the molecule is CC[C@H](C)[C@H](NC(=O)[C@H](Cc1ccc(O)cc1)NC(=O)[C@H](CO)NC(=O)[C@H](Cc1ccc(O)cc1)NC(=O)[C@H](CO)NC(=O)[C@H](CCC(N)=O)NC(=O)[C@H](CO)NC(=O)[C@H](CO)NC(=O)[C@H](Cc1cnc[nH]1)NC(=O)[C@@H](N)CCCCN)C(=O)O. The number of H-pyrrole nitrogens is 1. The first-order valence-corrected chi connectivity index (χ1v) is 27.0. The lowest BCUT2D eigenvalue weighted by Crippen LogP contribution is -2.62. The topological polar surface area (TPSA) is 544 Å². The summed E-state index contributed by atoms with van der Waals surface area (Å²) in [6.45, 7) is -0.899. The van der Waals surface area contributed by atoms with Crippen molar-refractivity contribution in [2.24, 2.45) is 23.1 Å². The number of carbonyl (C=O) groups excluding carboxylic acids is 10. The number of primary amides is 1. The number of aromatic amines is 1. The Morgan fingerprint density at radius 1 is 0.518 bits per heavy atom. The molecule has 32 nitrogen and oxygen atoms in total. The van der Waals surface area contributed by atoms with E-state index in [1.807, 2.05) is 0 Å². The number of aliphatic hydroxyl groups excluding tert-OH is 4. The van der Waals surface area contributed by atoms with Crippen molar-refractivity contribution in [2.45, 2.75) is 132 Å². The fourth-order valence-corrected chi connectivity index (χ4v) is 8.07. The molecule has 1 aromatic heterocycles. The second kappa shape index (κ2) is 36.0. The number of nitrogens with zero attached hydrogens (tertiary/aromatic N) is 1.